The second-order valence-electron chi connectivity index (χ2n) is 34.7. The van der Waals surface area contributed by atoms with Gasteiger partial charge >= 0.3 is 0 Å². The molecule has 6 aliphatic heterocycles. The molecule has 19 heteroatoms. The van der Waals surface area contributed by atoms with Crippen molar-refractivity contribution in [2.75, 3.05) is 20.0 Å². The van der Waals surface area contributed by atoms with Crippen LogP contribution in [0.25, 0.3) is 0 Å². The lowest BCUT2D eigenvalue weighted by Gasteiger charge is -2.47. The van der Waals surface area contributed by atoms with E-state index in [0.717, 1.165) is 37.3 Å². The van der Waals surface area contributed by atoms with Crippen molar-refractivity contribution in [1.29, 1.82) is 0 Å². The lowest BCUT2D eigenvalue weighted by molar-refractivity contribution is -0.236. The molecule has 0 unspecified atom stereocenters. The zero-order valence-electron chi connectivity index (χ0n) is 63.0. The first-order valence-electron chi connectivity index (χ1n) is 35.2. The topological polar surface area (TPSA) is 138 Å². The fraction of sp³-hybridized carbons (Fsp3) is 0.811. The Balaban J connectivity index is 1.36. The maximum absolute atomic E-state index is 7.78. The minimum Gasteiger partial charge on any atom is -0.414 e. The summed E-state index contributed by atoms with van der Waals surface area (Å²) in [7, 11) is -8.74. The molecule has 15 atom stereocenters. The van der Waals surface area contributed by atoms with E-state index in [9.17, 15) is 0 Å². The van der Waals surface area contributed by atoms with Crippen molar-refractivity contribution in [3.8, 4) is 0 Å². The number of hydrogen-bond donors (Lipinski definition) is 0. The highest BCUT2D eigenvalue weighted by Gasteiger charge is 2.61. The summed E-state index contributed by atoms with van der Waals surface area (Å²) in [5, 5.41) is -0.285. The van der Waals surface area contributed by atoms with E-state index < -0.39 is 129 Å². The molecule has 0 saturated carbocycles. The monoisotopic (exact) mass is 1370 g/mol. The summed E-state index contributed by atoms with van der Waals surface area (Å²) in [6.07, 6.45) is 21.4. The van der Waals surface area contributed by atoms with Crippen molar-refractivity contribution in [1.82, 2.24) is 0 Å². The van der Waals surface area contributed by atoms with Crippen LogP contribution < -0.4 is 0 Å². The highest BCUT2D eigenvalue weighted by Crippen LogP contribution is 2.49. The number of hydrogen-bond acceptors (Lipinski definition) is 15. The van der Waals surface area contributed by atoms with Crippen molar-refractivity contribution in [3.05, 3.63) is 85.6 Å². The van der Waals surface area contributed by atoms with Crippen molar-refractivity contribution in [3.63, 3.8) is 0 Å². The molecular weight excluding hydrogens is 1240 g/mol. The third-order valence-corrected chi connectivity index (χ3v) is 35.6. The summed E-state index contributed by atoms with van der Waals surface area (Å²) in [6.45, 7) is 66.9. The van der Waals surface area contributed by atoms with Crippen LogP contribution in [0.15, 0.2) is 85.6 Å². The number of rotatable bonds is 32. The Labute approximate surface area is 569 Å². The second-order valence-corrected chi connectivity index (χ2v) is 54.6. The first kappa shape index (κ1) is 80.4. The summed E-state index contributed by atoms with van der Waals surface area (Å²) < 4.78 is 106. The van der Waals surface area contributed by atoms with E-state index >= 15 is 0 Å². The molecule has 15 nitrogen and oxygen atoms in total. The molecule has 6 fully saturated rings. The SMILES string of the molecule is C=C/C=C/CC/C=C/C=C/C=C/CC/C=C/[C@H]1OC(C)(C)O[C@@H]1[C@@H]1O[C@@H]([C@H](OCOCC[Si](C)(C)C)[C@H](O[Si](C)(C)C(C)(C)C)C(=C)CC[C@@H](O[Si](C)(C)C(C)(C)C)[C@H]2C[C@H]3OC(C)(C)O[C@H]3[C@H]([C@H]3OC(C)(C)O[C@@H]3CO[Si](C)(C)C(C)(C)C)O2)C[C@H]2OC(C)(C)O[C@@H]12. The molecule has 0 radical (unpaired) electrons. The maximum Gasteiger partial charge on any atom is 0.193 e. The van der Waals surface area contributed by atoms with Crippen LogP contribution in [0, 0.1) is 0 Å². The van der Waals surface area contributed by atoms with Gasteiger partial charge in [0.25, 0.3) is 0 Å². The standard InChI is InChI=1S/C74H132O15Si4/c1-29-30-31-32-33-34-35-36-37-38-39-40-41-42-43-54-62(84-71(12,13)80-54)66-64-58(82-73(16,17)86-64)49-56(79-66)61(76-51-75-46-47-90(20,21)22)60(89-93(27,28)70(9,10)11)52(2)44-45-53(88-92(25,26)69(6,7)8)55-48-57-63(85-72(14,15)81-57)67(78-55)65-59(83-74(18,19)87-65)50-77-91(23,24)68(3,4)5/h29-31,34-39,42-43,53-67H,1-2,32-33,40-41,44-51H2,3-28H3/b31-30+,35-34+,37-36+,39-38+,43-42+/t53-,54-,55-,56-,57-,58-,59-,60-,61+,62+,63-,64-,65+,66+,67-/m1/s1. The largest absolute Gasteiger partial charge is 0.414 e. The zero-order chi connectivity index (χ0) is 69.6. The van der Waals surface area contributed by atoms with E-state index in [-0.39, 0.29) is 40.2 Å². The van der Waals surface area contributed by atoms with Crippen molar-refractivity contribution in [2.45, 2.75) is 364 Å². The van der Waals surface area contributed by atoms with E-state index in [0.29, 0.717) is 38.9 Å². The third-order valence-electron chi connectivity index (χ3n) is 20.4. The van der Waals surface area contributed by atoms with Crippen molar-refractivity contribution in [2.24, 2.45) is 0 Å². The zero-order valence-corrected chi connectivity index (χ0v) is 67.0. The molecule has 0 amide bonds. The fourth-order valence-electron chi connectivity index (χ4n) is 12.2. The van der Waals surface area contributed by atoms with Crippen LogP contribution in [0.2, 0.25) is 80.1 Å². The Morgan fingerprint density at radius 3 is 1.53 bits per heavy atom. The molecule has 6 heterocycles. The molecule has 0 aromatic heterocycles. The van der Waals surface area contributed by atoms with Crippen LogP contribution >= 0.6 is 0 Å². The van der Waals surface area contributed by atoms with Crippen LogP contribution in [0.5, 0.6) is 0 Å². The predicted octanol–water partition coefficient (Wildman–Crippen LogP) is 17.7. The van der Waals surface area contributed by atoms with Crippen LogP contribution in [0.3, 0.4) is 0 Å². The van der Waals surface area contributed by atoms with Crippen LogP contribution in [-0.2, 0) is 70.1 Å². The number of fused-ring (bicyclic) bond motifs is 2. The van der Waals surface area contributed by atoms with Gasteiger partial charge in [-0.25, -0.2) is 0 Å². The van der Waals surface area contributed by atoms with E-state index in [4.69, 9.17) is 76.7 Å². The van der Waals surface area contributed by atoms with E-state index in [1.165, 1.54) is 0 Å². The number of ether oxygens (including phenoxy) is 12. The minimum atomic E-state index is -2.62. The number of unbranched alkanes of at least 4 members (excludes halogenated alkanes) is 2. The van der Waals surface area contributed by atoms with Crippen molar-refractivity contribution < 1.29 is 70.1 Å². The summed E-state index contributed by atoms with van der Waals surface area (Å²) in [6, 6.07) is 0.993. The Hall–Kier alpha value is -1.55. The van der Waals surface area contributed by atoms with E-state index in [2.05, 4.69) is 182 Å². The van der Waals surface area contributed by atoms with Gasteiger partial charge in [0.15, 0.2) is 48.1 Å². The average molecular weight is 1370 g/mol. The quantitative estimate of drug-likeness (QED) is 0.0207. The normalized spacial score (nSPS) is 31.3. The highest BCUT2D eigenvalue weighted by atomic mass is 28.4. The lowest BCUT2D eigenvalue weighted by Crippen LogP contribution is -2.60. The molecule has 0 aromatic rings. The molecule has 0 aromatic carbocycles. The van der Waals surface area contributed by atoms with E-state index in [1.807, 2.05) is 67.5 Å². The van der Waals surface area contributed by atoms with Gasteiger partial charge in [0.05, 0.1) is 43.2 Å². The van der Waals surface area contributed by atoms with Gasteiger partial charge in [0, 0.05) is 27.5 Å². The van der Waals surface area contributed by atoms with Crippen LogP contribution in [0.4, 0.5) is 0 Å². The van der Waals surface area contributed by atoms with Gasteiger partial charge < -0.3 is 70.1 Å². The van der Waals surface area contributed by atoms with Crippen LogP contribution in [-0.4, -0.2) is 168 Å². The first-order chi connectivity index (χ1) is 42.7. The van der Waals surface area contributed by atoms with Gasteiger partial charge in [-0.2, -0.15) is 0 Å². The molecule has 534 valence electrons. The van der Waals surface area contributed by atoms with Gasteiger partial charge in [-0.05, 0) is 160 Å². The highest BCUT2D eigenvalue weighted by molar-refractivity contribution is 6.76. The third kappa shape index (κ3) is 23.0. The van der Waals surface area contributed by atoms with Crippen LogP contribution in [0.1, 0.15) is 169 Å². The molecule has 0 N–H and O–H groups in total. The van der Waals surface area contributed by atoms with Gasteiger partial charge in [-0.1, -0.05) is 162 Å². The maximum atomic E-state index is 7.78. The second kappa shape index (κ2) is 32.0. The molecule has 93 heavy (non-hydrogen) atoms. The molecule has 6 saturated heterocycles. The minimum absolute atomic E-state index is 0.00479. The summed E-state index contributed by atoms with van der Waals surface area (Å²) in [5.74, 6) is -3.54. The van der Waals surface area contributed by atoms with Gasteiger partial charge in [-0.3, -0.25) is 0 Å². The number of allylic oxidation sites excluding steroid dienone is 10. The van der Waals surface area contributed by atoms with Gasteiger partial charge in [0.1, 0.15) is 61.7 Å². The fourth-order valence-corrected chi connectivity index (χ4v) is 16.7. The summed E-state index contributed by atoms with van der Waals surface area (Å²) in [4.78, 5) is 0. The molecular formula is C74H132O15Si4. The van der Waals surface area contributed by atoms with Crippen molar-refractivity contribution >= 4 is 33.0 Å². The van der Waals surface area contributed by atoms with Gasteiger partial charge in [0.2, 0.25) is 0 Å². The Morgan fingerprint density at radius 1 is 0.527 bits per heavy atom. The molecule has 6 rings (SSSR count). The Morgan fingerprint density at radius 2 is 0.989 bits per heavy atom. The Kier molecular flexibility index (Phi) is 27.6. The summed E-state index contributed by atoms with van der Waals surface area (Å²) in [5.41, 5.74) is 0.877. The smallest absolute Gasteiger partial charge is 0.193 e. The predicted molar refractivity (Wildman–Crippen MR) is 386 cm³/mol. The molecule has 6 aliphatic rings. The molecule has 0 bridgehead atoms. The van der Waals surface area contributed by atoms with Gasteiger partial charge in [-0.15, -0.1) is 0 Å². The Bertz CT molecular complexity index is 2540. The lowest BCUT2D eigenvalue weighted by atomic mass is 9.86. The first-order valence-corrected chi connectivity index (χ1v) is 47.6. The molecule has 0 aliphatic carbocycles. The molecule has 0 spiro atoms. The average Bonchev–Trinajstić information content (AvgIpc) is 1.65. The summed E-state index contributed by atoms with van der Waals surface area (Å²) >= 11 is 0. The van der Waals surface area contributed by atoms with E-state index in [1.54, 1.807) is 0 Å².